The number of benzene rings is 1. The number of likely N-dealkylation sites (tertiary alicyclic amines) is 1. The molecule has 5 nitrogen and oxygen atoms in total. The van der Waals surface area contributed by atoms with Crippen LogP contribution in [0.15, 0.2) is 24.3 Å². The van der Waals surface area contributed by atoms with Gasteiger partial charge in [-0.3, -0.25) is 9.69 Å². The van der Waals surface area contributed by atoms with Gasteiger partial charge in [-0.15, -0.1) is 0 Å². The van der Waals surface area contributed by atoms with Crippen molar-refractivity contribution in [3.8, 4) is 5.75 Å². The van der Waals surface area contributed by atoms with Crippen molar-refractivity contribution in [2.24, 2.45) is 5.92 Å². The molecule has 116 valence electrons. The van der Waals surface area contributed by atoms with Crippen LogP contribution in [0.25, 0.3) is 0 Å². The molecule has 1 atom stereocenters. The van der Waals surface area contributed by atoms with Crippen LogP contribution in [-0.4, -0.2) is 61.2 Å². The van der Waals surface area contributed by atoms with Crippen LogP contribution in [0, 0.1) is 5.92 Å². The molecule has 1 fully saturated rings. The quantitative estimate of drug-likeness (QED) is 0.849. The highest BCUT2D eigenvalue weighted by Crippen LogP contribution is 2.16. The van der Waals surface area contributed by atoms with E-state index >= 15 is 0 Å². The fourth-order valence-electron chi connectivity index (χ4n) is 2.61. The van der Waals surface area contributed by atoms with E-state index in [9.17, 15) is 4.79 Å². The molecular formula is C16H24N2O3. The van der Waals surface area contributed by atoms with Gasteiger partial charge in [0.15, 0.2) is 0 Å². The largest absolute Gasteiger partial charge is 0.497 e. The predicted octanol–water partition coefficient (Wildman–Crippen LogP) is 0.968. The van der Waals surface area contributed by atoms with Crippen LogP contribution in [0.2, 0.25) is 0 Å². The Morgan fingerprint density at radius 3 is 2.71 bits per heavy atom. The van der Waals surface area contributed by atoms with Crippen molar-refractivity contribution in [3.63, 3.8) is 0 Å². The van der Waals surface area contributed by atoms with Crippen molar-refractivity contribution in [3.05, 3.63) is 29.8 Å². The second-order valence-corrected chi connectivity index (χ2v) is 5.67. The third kappa shape index (κ3) is 4.44. The summed E-state index contributed by atoms with van der Waals surface area (Å²) in [6.45, 7) is 2.96. The van der Waals surface area contributed by atoms with E-state index in [2.05, 4.69) is 4.90 Å². The highest BCUT2D eigenvalue weighted by atomic mass is 16.5. The van der Waals surface area contributed by atoms with E-state index in [1.807, 2.05) is 31.3 Å². The maximum Gasteiger partial charge on any atom is 0.236 e. The van der Waals surface area contributed by atoms with Gasteiger partial charge in [-0.25, -0.2) is 0 Å². The zero-order chi connectivity index (χ0) is 15.2. The first-order valence-electron chi connectivity index (χ1n) is 7.32. The number of aliphatic hydroxyl groups excluding tert-OH is 1. The number of rotatable bonds is 6. The summed E-state index contributed by atoms with van der Waals surface area (Å²) in [7, 11) is 3.46. The Morgan fingerprint density at radius 1 is 1.43 bits per heavy atom. The van der Waals surface area contributed by atoms with Gasteiger partial charge in [0.1, 0.15) is 5.75 Å². The van der Waals surface area contributed by atoms with E-state index in [1.165, 1.54) is 0 Å². The number of amides is 1. The number of ether oxygens (including phenoxy) is 1. The molecule has 0 radical (unpaired) electrons. The summed E-state index contributed by atoms with van der Waals surface area (Å²) >= 11 is 0. The Hall–Kier alpha value is -1.59. The lowest BCUT2D eigenvalue weighted by Crippen LogP contribution is -2.37. The lowest BCUT2D eigenvalue weighted by atomic mass is 10.1. The third-order valence-electron chi connectivity index (χ3n) is 3.99. The smallest absolute Gasteiger partial charge is 0.236 e. The van der Waals surface area contributed by atoms with Gasteiger partial charge >= 0.3 is 0 Å². The van der Waals surface area contributed by atoms with Crippen LogP contribution in [0.3, 0.4) is 0 Å². The number of hydrogen-bond donors (Lipinski definition) is 1. The van der Waals surface area contributed by atoms with Crippen molar-refractivity contribution in [1.82, 2.24) is 9.80 Å². The van der Waals surface area contributed by atoms with Gasteiger partial charge < -0.3 is 14.7 Å². The lowest BCUT2D eigenvalue weighted by Gasteiger charge is -2.21. The number of carbonyl (C=O) groups excluding carboxylic acids is 1. The topological polar surface area (TPSA) is 53.0 Å². The van der Waals surface area contributed by atoms with Crippen molar-refractivity contribution in [2.75, 3.05) is 40.4 Å². The normalized spacial score (nSPS) is 18.7. The molecule has 1 amide bonds. The Kier molecular flexibility index (Phi) is 5.59. The molecule has 1 aromatic rings. The van der Waals surface area contributed by atoms with Crippen LogP contribution in [0.5, 0.6) is 5.75 Å². The Labute approximate surface area is 126 Å². The van der Waals surface area contributed by atoms with Crippen LogP contribution in [0.4, 0.5) is 0 Å². The van der Waals surface area contributed by atoms with E-state index in [0.29, 0.717) is 19.0 Å². The van der Waals surface area contributed by atoms with E-state index in [1.54, 1.807) is 12.0 Å². The van der Waals surface area contributed by atoms with E-state index in [0.717, 1.165) is 30.8 Å². The third-order valence-corrected chi connectivity index (χ3v) is 3.99. The first-order valence-corrected chi connectivity index (χ1v) is 7.32. The second kappa shape index (κ2) is 7.43. The summed E-state index contributed by atoms with van der Waals surface area (Å²) in [5.74, 6) is 1.26. The predicted molar refractivity (Wildman–Crippen MR) is 81.1 cm³/mol. The lowest BCUT2D eigenvalue weighted by molar-refractivity contribution is -0.131. The number of carbonyl (C=O) groups is 1. The molecule has 5 heteroatoms. The van der Waals surface area contributed by atoms with Crippen molar-refractivity contribution < 1.29 is 14.6 Å². The molecule has 1 N–H and O–H groups in total. The molecule has 0 aromatic heterocycles. The number of hydrogen-bond acceptors (Lipinski definition) is 4. The minimum Gasteiger partial charge on any atom is -0.497 e. The molecule has 21 heavy (non-hydrogen) atoms. The number of nitrogens with zero attached hydrogens (tertiary/aromatic N) is 2. The maximum atomic E-state index is 12.2. The molecule has 1 heterocycles. The summed E-state index contributed by atoms with van der Waals surface area (Å²) in [5.41, 5.74) is 1.08. The average molecular weight is 292 g/mol. The minimum atomic E-state index is 0.115. The fourth-order valence-corrected chi connectivity index (χ4v) is 2.61. The zero-order valence-corrected chi connectivity index (χ0v) is 12.8. The molecular weight excluding hydrogens is 268 g/mol. The number of likely N-dealkylation sites (N-methyl/N-ethyl adjacent to an activating group) is 1. The van der Waals surface area contributed by atoms with Gasteiger partial charge in [-0.05, 0) is 36.6 Å². The highest BCUT2D eigenvalue weighted by molar-refractivity contribution is 5.78. The van der Waals surface area contributed by atoms with Crippen LogP contribution >= 0.6 is 0 Å². The molecule has 1 unspecified atom stereocenters. The molecule has 1 saturated heterocycles. The summed E-state index contributed by atoms with van der Waals surface area (Å²) in [6, 6.07) is 7.75. The first kappa shape index (κ1) is 15.8. The SMILES string of the molecule is COc1ccc(CN(C)C(=O)CN2CCC(CO)C2)cc1. The summed E-state index contributed by atoms with van der Waals surface area (Å²) in [5, 5.41) is 9.13. The van der Waals surface area contributed by atoms with E-state index in [4.69, 9.17) is 9.84 Å². The van der Waals surface area contributed by atoms with Crippen molar-refractivity contribution in [2.45, 2.75) is 13.0 Å². The first-order chi connectivity index (χ1) is 10.1. The zero-order valence-electron chi connectivity index (χ0n) is 12.8. The molecule has 0 saturated carbocycles. The Balaban J connectivity index is 1.81. The van der Waals surface area contributed by atoms with Gasteiger partial charge in [0.05, 0.1) is 13.7 Å². The molecule has 1 aromatic carbocycles. The van der Waals surface area contributed by atoms with Gasteiger partial charge in [-0.1, -0.05) is 12.1 Å². The standard InChI is InChI=1S/C16H24N2O3/c1-17(9-13-3-5-15(21-2)6-4-13)16(20)11-18-8-7-14(10-18)12-19/h3-6,14,19H,7-12H2,1-2H3. The molecule has 1 aliphatic rings. The molecule has 0 bridgehead atoms. The monoisotopic (exact) mass is 292 g/mol. The van der Waals surface area contributed by atoms with Crippen molar-refractivity contribution in [1.29, 1.82) is 0 Å². The summed E-state index contributed by atoms with van der Waals surface area (Å²) < 4.78 is 5.12. The van der Waals surface area contributed by atoms with Gasteiger partial charge in [0, 0.05) is 26.7 Å². The van der Waals surface area contributed by atoms with Crippen LogP contribution < -0.4 is 4.74 Å². The van der Waals surface area contributed by atoms with Crippen molar-refractivity contribution >= 4 is 5.91 Å². The summed E-state index contributed by atoms with van der Waals surface area (Å²) in [6.07, 6.45) is 0.978. The molecule has 0 spiro atoms. The molecule has 2 rings (SSSR count). The highest BCUT2D eigenvalue weighted by Gasteiger charge is 2.24. The van der Waals surface area contributed by atoms with Gasteiger partial charge in [-0.2, -0.15) is 0 Å². The fraction of sp³-hybridized carbons (Fsp3) is 0.562. The summed E-state index contributed by atoms with van der Waals surface area (Å²) in [4.78, 5) is 16.1. The van der Waals surface area contributed by atoms with E-state index in [-0.39, 0.29) is 12.5 Å². The number of aliphatic hydroxyl groups is 1. The van der Waals surface area contributed by atoms with E-state index < -0.39 is 0 Å². The Bertz CT molecular complexity index is 461. The second-order valence-electron chi connectivity index (χ2n) is 5.67. The Morgan fingerprint density at radius 2 is 2.14 bits per heavy atom. The number of methoxy groups -OCH3 is 1. The van der Waals surface area contributed by atoms with Crippen LogP contribution in [-0.2, 0) is 11.3 Å². The molecule has 0 aliphatic carbocycles. The maximum absolute atomic E-state index is 12.2. The van der Waals surface area contributed by atoms with Gasteiger partial charge in [0.25, 0.3) is 0 Å². The molecule has 1 aliphatic heterocycles. The minimum absolute atomic E-state index is 0.115. The van der Waals surface area contributed by atoms with Gasteiger partial charge in [0.2, 0.25) is 5.91 Å². The van der Waals surface area contributed by atoms with Crippen LogP contribution in [0.1, 0.15) is 12.0 Å². The average Bonchev–Trinajstić information content (AvgIpc) is 2.95.